The lowest BCUT2D eigenvalue weighted by molar-refractivity contribution is -0.897. The number of hydrogen-bond acceptors (Lipinski definition) is 3. The van der Waals surface area contributed by atoms with Crippen LogP contribution in [-0.2, 0) is 11.3 Å². The summed E-state index contributed by atoms with van der Waals surface area (Å²) >= 11 is 1.68. The summed E-state index contributed by atoms with van der Waals surface area (Å²) in [6, 6.07) is 6.38. The van der Waals surface area contributed by atoms with E-state index in [4.69, 9.17) is 0 Å². The summed E-state index contributed by atoms with van der Waals surface area (Å²) in [6.07, 6.45) is 2.36. The summed E-state index contributed by atoms with van der Waals surface area (Å²) < 4.78 is 2.06. The SMILES string of the molecule is Cc1c(C#N)c(NC(=O)C[NH+]2CCC(C)CC2)n(Cc2cccs2)c1C. The molecule has 6 heteroatoms. The first-order valence-electron chi connectivity index (χ1n) is 9.25. The maximum atomic E-state index is 12.7. The van der Waals surface area contributed by atoms with Gasteiger partial charge in [-0.15, -0.1) is 11.3 Å². The number of amides is 1. The van der Waals surface area contributed by atoms with Crippen LogP contribution in [-0.4, -0.2) is 30.1 Å². The molecule has 3 rings (SSSR count). The third-order valence-corrected chi connectivity index (χ3v) is 6.35. The van der Waals surface area contributed by atoms with Crippen LogP contribution < -0.4 is 10.2 Å². The van der Waals surface area contributed by atoms with Crippen molar-refractivity contribution in [2.24, 2.45) is 5.92 Å². The standard InChI is InChI=1S/C20H26N4OS/c1-14-6-8-23(9-7-14)13-19(25)22-20-18(11-21)15(2)16(3)24(20)12-17-5-4-10-26-17/h4-5,10,14H,6-9,12-13H2,1-3H3,(H,22,25)/p+1. The van der Waals surface area contributed by atoms with Crippen LogP contribution in [0.1, 0.15) is 41.5 Å². The van der Waals surface area contributed by atoms with E-state index in [2.05, 4.69) is 28.9 Å². The van der Waals surface area contributed by atoms with E-state index in [1.165, 1.54) is 22.6 Å². The molecule has 5 nitrogen and oxygen atoms in total. The van der Waals surface area contributed by atoms with Crippen LogP contribution in [0.25, 0.3) is 0 Å². The van der Waals surface area contributed by atoms with Gasteiger partial charge in [-0.2, -0.15) is 5.26 Å². The largest absolute Gasteiger partial charge is 0.327 e. The van der Waals surface area contributed by atoms with Gasteiger partial charge < -0.3 is 14.8 Å². The minimum absolute atomic E-state index is 0.00372. The van der Waals surface area contributed by atoms with Gasteiger partial charge >= 0.3 is 0 Å². The molecule has 0 radical (unpaired) electrons. The fourth-order valence-electron chi connectivity index (χ4n) is 3.64. The fraction of sp³-hybridized carbons (Fsp3) is 0.500. The Morgan fingerprint density at radius 3 is 2.77 bits per heavy atom. The van der Waals surface area contributed by atoms with Crippen molar-refractivity contribution in [2.75, 3.05) is 25.0 Å². The number of anilines is 1. The lowest BCUT2D eigenvalue weighted by Gasteiger charge is -2.26. The first-order chi connectivity index (χ1) is 12.5. The summed E-state index contributed by atoms with van der Waals surface area (Å²) in [5.74, 6) is 1.40. The summed E-state index contributed by atoms with van der Waals surface area (Å²) in [5.41, 5.74) is 2.55. The molecule has 138 valence electrons. The molecule has 1 aliphatic heterocycles. The molecule has 1 fully saturated rings. The molecule has 1 amide bonds. The number of aromatic nitrogens is 1. The molecule has 2 aromatic rings. The molecule has 0 atom stereocenters. The predicted octanol–water partition coefficient (Wildman–Crippen LogP) is 2.34. The Kier molecular flexibility index (Phi) is 5.80. The number of hydrogen-bond donors (Lipinski definition) is 2. The zero-order valence-electron chi connectivity index (χ0n) is 15.8. The van der Waals surface area contributed by atoms with Gasteiger partial charge in [0.15, 0.2) is 6.54 Å². The molecule has 26 heavy (non-hydrogen) atoms. The summed E-state index contributed by atoms with van der Waals surface area (Å²) in [6.45, 7) is 9.49. The third kappa shape index (κ3) is 4.00. The van der Waals surface area contributed by atoms with E-state index < -0.39 is 0 Å². The minimum atomic E-state index is -0.00372. The second-order valence-electron chi connectivity index (χ2n) is 7.37. The summed E-state index contributed by atoms with van der Waals surface area (Å²) in [4.78, 5) is 15.2. The van der Waals surface area contributed by atoms with Crippen molar-refractivity contribution in [3.05, 3.63) is 39.2 Å². The molecule has 0 saturated carbocycles. The Balaban J connectivity index is 1.78. The number of nitriles is 1. The van der Waals surface area contributed by atoms with Gasteiger partial charge in [-0.05, 0) is 49.6 Å². The van der Waals surface area contributed by atoms with Gasteiger partial charge in [0.2, 0.25) is 0 Å². The first-order valence-corrected chi connectivity index (χ1v) is 10.1. The van der Waals surface area contributed by atoms with E-state index in [9.17, 15) is 10.1 Å². The Hall–Kier alpha value is -2.10. The Bertz CT molecular complexity index is 808. The van der Waals surface area contributed by atoms with Gasteiger partial charge in [-0.1, -0.05) is 13.0 Å². The lowest BCUT2D eigenvalue weighted by atomic mass is 9.99. The van der Waals surface area contributed by atoms with Crippen LogP contribution in [0, 0.1) is 31.1 Å². The van der Waals surface area contributed by atoms with Crippen LogP contribution >= 0.6 is 11.3 Å². The average molecular weight is 372 g/mol. The number of thiophene rings is 1. The number of quaternary nitrogens is 1. The van der Waals surface area contributed by atoms with E-state index in [-0.39, 0.29) is 5.91 Å². The van der Waals surface area contributed by atoms with E-state index in [0.717, 1.165) is 30.3 Å². The maximum absolute atomic E-state index is 12.7. The molecule has 0 aliphatic carbocycles. The second kappa shape index (κ2) is 8.07. The molecule has 2 aromatic heterocycles. The first kappa shape index (κ1) is 18.7. The van der Waals surface area contributed by atoms with Crippen LogP contribution in [0.2, 0.25) is 0 Å². The van der Waals surface area contributed by atoms with Crippen LogP contribution in [0.3, 0.4) is 0 Å². The van der Waals surface area contributed by atoms with Crippen molar-refractivity contribution in [3.63, 3.8) is 0 Å². The van der Waals surface area contributed by atoms with Gasteiger partial charge in [0, 0.05) is 10.6 Å². The van der Waals surface area contributed by atoms with Crippen molar-refractivity contribution in [3.8, 4) is 6.07 Å². The van der Waals surface area contributed by atoms with Crippen molar-refractivity contribution in [1.82, 2.24) is 4.57 Å². The fourth-order valence-corrected chi connectivity index (χ4v) is 4.33. The molecule has 0 spiro atoms. The number of carbonyl (C=O) groups excluding carboxylic acids is 1. The zero-order valence-corrected chi connectivity index (χ0v) is 16.6. The molecule has 1 aliphatic rings. The summed E-state index contributed by atoms with van der Waals surface area (Å²) in [7, 11) is 0. The van der Waals surface area contributed by atoms with Gasteiger partial charge in [-0.25, -0.2) is 0 Å². The van der Waals surface area contributed by atoms with Crippen LogP contribution in [0.4, 0.5) is 5.82 Å². The Morgan fingerprint density at radius 1 is 1.42 bits per heavy atom. The average Bonchev–Trinajstić information content (AvgIpc) is 3.20. The van der Waals surface area contributed by atoms with E-state index in [1.54, 1.807) is 11.3 Å². The Labute approximate surface area is 159 Å². The van der Waals surface area contributed by atoms with Crippen molar-refractivity contribution < 1.29 is 9.69 Å². The van der Waals surface area contributed by atoms with E-state index in [0.29, 0.717) is 24.5 Å². The normalized spacial score (nSPS) is 19.9. The molecule has 0 bridgehead atoms. The quantitative estimate of drug-likeness (QED) is 0.847. The summed E-state index contributed by atoms with van der Waals surface area (Å²) in [5, 5.41) is 14.7. The minimum Gasteiger partial charge on any atom is -0.327 e. The van der Waals surface area contributed by atoms with Crippen molar-refractivity contribution in [2.45, 2.75) is 40.2 Å². The number of carbonyl (C=O) groups is 1. The second-order valence-corrected chi connectivity index (χ2v) is 8.40. The van der Waals surface area contributed by atoms with E-state index in [1.807, 2.05) is 25.3 Å². The molecule has 0 aromatic carbocycles. The highest BCUT2D eigenvalue weighted by molar-refractivity contribution is 7.09. The zero-order chi connectivity index (χ0) is 18.7. The molecular formula is C20H27N4OS+. The molecule has 0 unspecified atom stereocenters. The smallest absolute Gasteiger partial charge is 0.280 e. The van der Waals surface area contributed by atoms with Crippen molar-refractivity contribution >= 4 is 23.1 Å². The molecular weight excluding hydrogens is 344 g/mol. The van der Waals surface area contributed by atoms with Gasteiger partial charge in [0.05, 0.1) is 25.2 Å². The number of piperidine rings is 1. The molecule has 1 saturated heterocycles. The van der Waals surface area contributed by atoms with Crippen LogP contribution in [0.15, 0.2) is 17.5 Å². The highest BCUT2D eigenvalue weighted by atomic mass is 32.1. The van der Waals surface area contributed by atoms with E-state index >= 15 is 0 Å². The van der Waals surface area contributed by atoms with Crippen LogP contribution in [0.5, 0.6) is 0 Å². The monoisotopic (exact) mass is 371 g/mol. The van der Waals surface area contributed by atoms with Gasteiger partial charge in [0.25, 0.3) is 5.91 Å². The lowest BCUT2D eigenvalue weighted by Crippen LogP contribution is -3.14. The van der Waals surface area contributed by atoms with Gasteiger partial charge in [-0.3, -0.25) is 4.79 Å². The number of likely N-dealkylation sites (tertiary alicyclic amines) is 1. The van der Waals surface area contributed by atoms with Gasteiger partial charge in [0.1, 0.15) is 11.9 Å². The topological polar surface area (TPSA) is 62.3 Å². The number of nitrogens with one attached hydrogen (secondary N) is 2. The highest BCUT2D eigenvalue weighted by Crippen LogP contribution is 2.28. The number of nitrogens with zero attached hydrogens (tertiary/aromatic N) is 2. The number of rotatable bonds is 5. The molecule has 2 N–H and O–H groups in total. The maximum Gasteiger partial charge on any atom is 0.280 e. The molecule has 3 heterocycles. The predicted molar refractivity (Wildman–Crippen MR) is 105 cm³/mol. The van der Waals surface area contributed by atoms with Crippen molar-refractivity contribution in [1.29, 1.82) is 5.26 Å². The highest BCUT2D eigenvalue weighted by Gasteiger charge is 2.24. The Morgan fingerprint density at radius 2 is 2.15 bits per heavy atom. The third-order valence-electron chi connectivity index (χ3n) is 5.48.